The highest BCUT2D eigenvalue weighted by Crippen LogP contribution is 2.25. The number of likely N-dealkylation sites (tertiary alicyclic amines) is 2. The number of ether oxygens (including phenoxy) is 1. The molecule has 7 heteroatoms. The van der Waals surface area contributed by atoms with Crippen LogP contribution < -0.4 is 5.32 Å². The van der Waals surface area contributed by atoms with Crippen LogP contribution in [0.1, 0.15) is 45.4 Å². The van der Waals surface area contributed by atoms with E-state index < -0.39 is 0 Å². The van der Waals surface area contributed by atoms with Gasteiger partial charge in [-0.2, -0.15) is 0 Å². The average Bonchev–Trinajstić information content (AvgIpc) is 3.45. The van der Waals surface area contributed by atoms with Crippen LogP contribution in [-0.4, -0.2) is 66.5 Å². The first kappa shape index (κ1) is 18.0. The van der Waals surface area contributed by atoms with Crippen LogP contribution in [-0.2, 0) is 14.3 Å². The zero-order chi connectivity index (χ0) is 17.8. The van der Waals surface area contributed by atoms with Crippen LogP contribution in [0.15, 0.2) is 0 Å². The number of piperidine rings is 2. The molecule has 0 radical (unpaired) electrons. The number of nitrogens with one attached hydrogen (secondary N) is 1. The van der Waals surface area contributed by atoms with Gasteiger partial charge in [0, 0.05) is 32.2 Å². The van der Waals surface area contributed by atoms with Gasteiger partial charge in [-0.3, -0.25) is 9.59 Å². The molecule has 7 nitrogen and oxygen atoms in total. The van der Waals surface area contributed by atoms with E-state index in [0.29, 0.717) is 45.1 Å². The molecule has 2 heterocycles. The van der Waals surface area contributed by atoms with Crippen LogP contribution in [0.25, 0.3) is 0 Å². The van der Waals surface area contributed by atoms with E-state index in [2.05, 4.69) is 5.32 Å². The third-order valence-electron chi connectivity index (χ3n) is 5.39. The zero-order valence-electron chi connectivity index (χ0n) is 15.0. The third-order valence-corrected chi connectivity index (χ3v) is 5.39. The lowest BCUT2D eigenvalue weighted by Crippen LogP contribution is -2.51. The van der Waals surface area contributed by atoms with Crippen molar-refractivity contribution in [3.8, 4) is 0 Å². The number of esters is 1. The summed E-state index contributed by atoms with van der Waals surface area (Å²) in [7, 11) is 0. The van der Waals surface area contributed by atoms with Gasteiger partial charge in [-0.15, -0.1) is 0 Å². The molecule has 1 atom stereocenters. The van der Waals surface area contributed by atoms with Gasteiger partial charge in [0.1, 0.15) is 0 Å². The number of hydrogen-bond acceptors (Lipinski definition) is 4. The third kappa shape index (κ3) is 4.64. The molecule has 3 aliphatic rings. The number of urea groups is 1. The van der Waals surface area contributed by atoms with Gasteiger partial charge in [0.05, 0.1) is 18.4 Å². The molecule has 25 heavy (non-hydrogen) atoms. The summed E-state index contributed by atoms with van der Waals surface area (Å²) in [4.78, 5) is 40.5. The summed E-state index contributed by atoms with van der Waals surface area (Å²) < 4.78 is 5.08. The molecule has 3 amide bonds. The zero-order valence-corrected chi connectivity index (χ0v) is 15.0. The number of amides is 3. The normalized spacial score (nSPS) is 24.8. The van der Waals surface area contributed by atoms with Crippen LogP contribution in [0, 0.1) is 11.8 Å². The predicted octanol–water partition coefficient (Wildman–Crippen LogP) is 1.37. The molecule has 2 aliphatic heterocycles. The lowest BCUT2D eigenvalue weighted by Gasteiger charge is -2.37. The van der Waals surface area contributed by atoms with Crippen molar-refractivity contribution in [2.75, 3.05) is 32.8 Å². The van der Waals surface area contributed by atoms with Crippen molar-refractivity contribution in [1.29, 1.82) is 0 Å². The van der Waals surface area contributed by atoms with Crippen molar-refractivity contribution in [1.82, 2.24) is 15.1 Å². The highest BCUT2D eigenvalue weighted by atomic mass is 16.5. The number of carbonyl (C=O) groups is 3. The molecule has 1 N–H and O–H groups in total. The van der Waals surface area contributed by atoms with Gasteiger partial charge in [0.2, 0.25) is 5.91 Å². The summed E-state index contributed by atoms with van der Waals surface area (Å²) in [6.45, 7) is 4.66. The SMILES string of the molecule is CCOC(=O)C1CCN(C(=O)C2CCCN(C(=O)NC3CC3)C2)CC1. The second-order valence-electron chi connectivity index (χ2n) is 7.36. The lowest BCUT2D eigenvalue weighted by atomic mass is 9.93. The Morgan fingerprint density at radius 2 is 1.68 bits per heavy atom. The second kappa shape index (κ2) is 8.06. The monoisotopic (exact) mass is 351 g/mol. The molecular weight excluding hydrogens is 322 g/mol. The van der Waals surface area contributed by atoms with Gasteiger partial charge in [-0.25, -0.2) is 4.79 Å². The molecule has 3 rings (SSSR count). The number of nitrogens with zero attached hydrogens (tertiary/aromatic N) is 2. The second-order valence-corrected chi connectivity index (χ2v) is 7.36. The highest BCUT2D eigenvalue weighted by molar-refractivity contribution is 5.81. The summed E-state index contributed by atoms with van der Waals surface area (Å²) in [5.74, 6) is -0.213. The number of carbonyl (C=O) groups excluding carboxylic acids is 3. The standard InChI is InChI=1S/C18H29N3O4/c1-2-25-17(23)13-7-10-20(11-8-13)16(22)14-4-3-9-21(12-14)18(24)19-15-5-6-15/h13-15H,2-12H2,1H3,(H,19,24). The summed E-state index contributed by atoms with van der Waals surface area (Å²) >= 11 is 0. The van der Waals surface area contributed by atoms with E-state index in [1.807, 2.05) is 11.8 Å². The van der Waals surface area contributed by atoms with E-state index in [9.17, 15) is 14.4 Å². The molecule has 2 saturated heterocycles. The molecule has 3 fully saturated rings. The first-order chi connectivity index (χ1) is 12.1. The molecule has 0 spiro atoms. The Kier molecular flexibility index (Phi) is 5.81. The molecule has 1 unspecified atom stereocenters. The fourth-order valence-electron chi connectivity index (χ4n) is 3.71. The Hall–Kier alpha value is -1.79. The number of rotatable bonds is 4. The molecule has 140 valence electrons. The van der Waals surface area contributed by atoms with Crippen molar-refractivity contribution in [2.24, 2.45) is 11.8 Å². The van der Waals surface area contributed by atoms with Gasteiger partial charge < -0.3 is 19.9 Å². The molecule has 1 aliphatic carbocycles. The topological polar surface area (TPSA) is 79.0 Å². The van der Waals surface area contributed by atoms with Crippen LogP contribution >= 0.6 is 0 Å². The van der Waals surface area contributed by atoms with Gasteiger partial charge in [-0.05, 0) is 45.4 Å². The van der Waals surface area contributed by atoms with E-state index >= 15 is 0 Å². The van der Waals surface area contributed by atoms with Crippen molar-refractivity contribution >= 4 is 17.9 Å². The van der Waals surface area contributed by atoms with Crippen LogP contribution in [0.4, 0.5) is 4.79 Å². The minimum Gasteiger partial charge on any atom is -0.466 e. The van der Waals surface area contributed by atoms with Crippen LogP contribution in [0.5, 0.6) is 0 Å². The summed E-state index contributed by atoms with van der Waals surface area (Å²) in [5, 5.41) is 3.00. The predicted molar refractivity (Wildman–Crippen MR) is 91.8 cm³/mol. The number of hydrogen-bond donors (Lipinski definition) is 1. The Morgan fingerprint density at radius 3 is 2.32 bits per heavy atom. The highest BCUT2D eigenvalue weighted by Gasteiger charge is 2.35. The van der Waals surface area contributed by atoms with Gasteiger partial charge in [0.15, 0.2) is 0 Å². The largest absolute Gasteiger partial charge is 0.466 e. The van der Waals surface area contributed by atoms with E-state index in [1.54, 1.807) is 4.90 Å². The molecule has 1 saturated carbocycles. The minimum atomic E-state index is -0.143. The average molecular weight is 351 g/mol. The van der Waals surface area contributed by atoms with E-state index in [-0.39, 0.29) is 29.7 Å². The van der Waals surface area contributed by atoms with E-state index in [4.69, 9.17) is 4.74 Å². The van der Waals surface area contributed by atoms with Crippen LogP contribution in [0.2, 0.25) is 0 Å². The smallest absolute Gasteiger partial charge is 0.317 e. The van der Waals surface area contributed by atoms with Gasteiger partial charge in [-0.1, -0.05) is 0 Å². The summed E-state index contributed by atoms with van der Waals surface area (Å²) in [6.07, 6.45) is 5.18. The van der Waals surface area contributed by atoms with Gasteiger partial charge >= 0.3 is 12.0 Å². The van der Waals surface area contributed by atoms with E-state index in [1.165, 1.54) is 0 Å². The molecule has 0 aromatic rings. The molecule has 0 aromatic carbocycles. The summed E-state index contributed by atoms with van der Waals surface area (Å²) in [5.41, 5.74) is 0. The van der Waals surface area contributed by atoms with Crippen molar-refractivity contribution < 1.29 is 19.1 Å². The minimum absolute atomic E-state index is 0.0268. The fourth-order valence-corrected chi connectivity index (χ4v) is 3.71. The van der Waals surface area contributed by atoms with Crippen molar-refractivity contribution in [2.45, 2.75) is 51.5 Å². The first-order valence-electron chi connectivity index (χ1n) is 9.59. The molecule has 0 aromatic heterocycles. The van der Waals surface area contributed by atoms with Crippen molar-refractivity contribution in [3.05, 3.63) is 0 Å². The Bertz CT molecular complexity index is 512. The Labute approximate surface area is 149 Å². The van der Waals surface area contributed by atoms with Crippen LogP contribution in [0.3, 0.4) is 0 Å². The first-order valence-corrected chi connectivity index (χ1v) is 9.59. The maximum Gasteiger partial charge on any atom is 0.317 e. The van der Waals surface area contributed by atoms with E-state index in [0.717, 1.165) is 32.2 Å². The van der Waals surface area contributed by atoms with Crippen molar-refractivity contribution in [3.63, 3.8) is 0 Å². The molecule has 0 bridgehead atoms. The maximum absolute atomic E-state index is 12.8. The Balaban J connectivity index is 1.47. The lowest BCUT2D eigenvalue weighted by molar-refractivity contribution is -0.152. The van der Waals surface area contributed by atoms with Gasteiger partial charge in [0.25, 0.3) is 0 Å². The summed E-state index contributed by atoms with van der Waals surface area (Å²) in [6, 6.07) is 0.312. The Morgan fingerprint density at radius 1 is 0.960 bits per heavy atom. The quantitative estimate of drug-likeness (QED) is 0.776. The fraction of sp³-hybridized carbons (Fsp3) is 0.833. The molecular formula is C18H29N3O4. The maximum atomic E-state index is 12.8.